The molecule has 2 heterocycles. The summed E-state index contributed by atoms with van der Waals surface area (Å²) in [7, 11) is 0. The summed E-state index contributed by atoms with van der Waals surface area (Å²) in [6.45, 7) is 5.51. The summed E-state index contributed by atoms with van der Waals surface area (Å²) in [4.78, 5) is 27.8. The van der Waals surface area contributed by atoms with Crippen LogP contribution in [0.25, 0.3) is 5.69 Å². The molecule has 11 heteroatoms. The number of carbonyl (C=O) groups is 1. The van der Waals surface area contributed by atoms with Gasteiger partial charge in [0.15, 0.2) is 11.6 Å². The molecule has 5 N–H and O–H groups in total. The van der Waals surface area contributed by atoms with Gasteiger partial charge >= 0.3 is 0 Å². The van der Waals surface area contributed by atoms with Gasteiger partial charge in [-0.05, 0) is 68.9 Å². The number of anilines is 4. The molecule has 9 nitrogen and oxygen atoms in total. The number of hydrogen-bond donors (Lipinski definition) is 3. The van der Waals surface area contributed by atoms with Crippen molar-refractivity contribution in [2.45, 2.75) is 39.2 Å². The van der Waals surface area contributed by atoms with Gasteiger partial charge in [-0.3, -0.25) is 9.59 Å². The first-order valence-electron chi connectivity index (χ1n) is 12.2. The van der Waals surface area contributed by atoms with E-state index in [4.69, 9.17) is 11.6 Å². The van der Waals surface area contributed by atoms with Crippen LogP contribution in [0.2, 0.25) is 0 Å². The van der Waals surface area contributed by atoms with Gasteiger partial charge in [-0.1, -0.05) is 6.07 Å². The van der Waals surface area contributed by atoms with Crippen LogP contribution in [0.4, 0.5) is 31.5 Å². The van der Waals surface area contributed by atoms with Crippen LogP contribution in [-0.4, -0.2) is 34.8 Å². The molecule has 37 heavy (non-hydrogen) atoms. The number of amides is 1. The predicted molar refractivity (Wildman–Crippen MR) is 139 cm³/mol. The molecule has 1 aliphatic carbocycles. The number of benzene rings is 2. The Bertz CT molecular complexity index is 1410. The zero-order valence-electron chi connectivity index (χ0n) is 20.7. The summed E-state index contributed by atoms with van der Waals surface area (Å²) >= 11 is 0. The highest BCUT2D eigenvalue weighted by molar-refractivity contribution is 6.06. The number of carbonyl (C=O) groups excluding carboxylic acids is 1. The van der Waals surface area contributed by atoms with Crippen LogP contribution in [0.3, 0.4) is 0 Å². The number of hydrazine groups is 1. The zero-order chi connectivity index (χ0) is 26.5. The lowest BCUT2D eigenvalue weighted by molar-refractivity contribution is 0.102. The molecule has 0 atom stereocenters. The number of aromatic nitrogens is 2. The molecule has 1 saturated heterocycles. The standard InChI is InChI=1S/C26H29F2N7O2/c1-15(2)34(30)20-8-6-18(24(22(20)29)33-13-12-26(14-33)10-11-26)31-25(37)19-7-9-21(36)35(32-19)23-16(27)4-3-5-17(23)28/h3-9,15H,10-14,29-30H2,1-2H3,(H,31,37). The van der Waals surface area contributed by atoms with E-state index in [1.54, 1.807) is 17.1 Å². The van der Waals surface area contributed by atoms with E-state index in [-0.39, 0.29) is 11.7 Å². The van der Waals surface area contributed by atoms with E-state index in [9.17, 15) is 18.4 Å². The van der Waals surface area contributed by atoms with E-state index in [0.717, 1.165) is 50.6 Å². The van der Waals surface area contributed by atoms with Gasteiger partial charge in [0, 0.05) is 25.2 Å². The van der Waals surface area contributed by atoms with Crippen molar-refractivity contribution in [3.8, 4) is 5.69 Å². The average molecular weight is 510 g/mol. The molecule has 1 aliphatic heterocycles. The maximum atomic E-state index is 14.3. The topological polar surface area (TPSA) is 123 Å². The Kier molecular flexibility index (Phi) is 6.10. The van der Waals surface area contributed by atoms with Gasteiger partial charge in [0.1, 0.15) is 11.4 Å². The molecule has 5 rings (SSSR count). The van der Waals surface area contributed by atoms with Crippen LogP contribution in [0.5, 0.6) is 0 Å². The third-order valence-corrected chi connectivity index (χ3v) is 7.17. The molecule has 1 aromatic heterocycles. The molecule has 0 bridgehead atoms. The van der Waals surface area contributed by atoms with E-state index < -0.39 is 28.8 Å². The second-order valence-electron chi connectivity index (χ2n) is 10.1. The normalized spacial score (nSPS) is 15.9. The summed E-state index contributed by atoms with van der Waals surface area (Å²) in [6, 6.07) is 8.90. The molecule has 2 aromatic carbocycles. The van der Waals surface area contributed by atoms with Crippen molar-refractivity contribution < 1.29 is 13.6 Å². The summed E-state index contributed by atoms with van der Waals surface area (Å²) in [5.74, 6) is 3.66. The van der Waals surface area contributed by atoms with E-state index in [1.807, 2.05) is 13.8 Å². The van der Waals surface area contributed by atoms with Gasteiger partial charge < -0.3 is 21.0 Å². The lowest BCUT2D eigenvalue weighted by Gasteiger charge is -2.30. The Labute approximate surface area is 212 Å². The highest BCUT2D eigenvalue weighted by Gasteiger charge is 2.48. The second kappa shape index (κ2) is 9.15. The molecule has 1 amide bonds. The van der Waals surface area contributed by atoms with Crippen LogP contribution in [0, 0.1) is 17.0 Å². The molecule has 2 fully saturated rings. The van der Waals surface area contributed by atoms with Gasteiger partial charge in [-0.2, -0.15) is 9.78 Å². The number of hydrogen-bond acceptors (Lipinski definition) is 7. The quantitative estimate of drug-likeness (QED) is 0.264. The van der Waals surface area contributed by atoms with Crippen LogP contribution in [0.1, 0.15) is 43.6 Å². The average Bonchev–Trinajstić information content (AvgIpc) is 3.49. The van der Waals surface area contributed by atoms with Gasteiger partial charge in [0.2, 0.25) is 0 Å². The van der Waals surface area contributed by atoms with Crippen LogP contribution < -0.4 is 32.4 Å². The van der Waals surface area contributed by atoms with E-state index in [1.165, 1.54) is 12.1 Å². The summed E-state index contributed by atoms with van der Waals surface area (Å²) in [5.41, 5.74) is 7.49. The van der Waals surface area contributed by atoms with Gasteiger partial charge in [0.05, 0.1) is 22.7 Å². The predicted octanol–water partition coefficient (Wildman–Crippen LogP) is 3.42. The number of nitrogen functional groups attached to an aromatic ring is 1. The first kappa shape index (κ1) is 24.7. The summed E-state index contributed by atoms with van der Waals surface area (Å²) < 4.78 is 29.2. The Morgan fingerprint density at radius 3 is 2.41 bits per heavy atom. The number of halogens is 2. The van der Waals surface area contributed by atoms with Gasteiger partial charge in [-0.25, -0.2) is 14.6 Å². The third-order valence-electron chi connectivity index (χ3n) is 7.17. The first-order valence-corrected chi connectivity index (χ1v) is 12.2. The number of nitrogens with two attached hydrogens (primary N) is 2. The molecule has 1 spiro atoms. The smallest absolute Gasteiger partial charge is 0.276 e. The van der Waals surface area contributed by atoms with Crippen molar-refractivity contribution in [3.63, 3.8) is 0 Å². The maximum absolute atomic E-state index is 14.3. The minimum Gasteiger partial charge on any atom is -0.395 e. The second-order valence-corrected chi connectivity index (χ2v) is 10.1. The Morgan fingerprint density at radius 1 is 1.08 bits per heavy atom. The van der Waals surface area contributed by atoms with Crippen LogP contribution >= 0.6 is 0 Å². The molecule has 2 aliphatic rings. The first-order chi connectivity index (χ1) is 17.6. The summed E-state index contributed by atoms with van der Waals surface area (Å²) in [5, 5.41) is 8.36. The fourth-order valence-corrected chi connectivity index (χ4v) is 4.82. The van der Waals surface area contributed by atoms with Gasteiger partial charge in [0.25, 0.3) is 11.5 Å². The van der Waals surface area contributed by atoms with Crippen molar-refractivity contribution in [2.75, 3.05) is 34.0 Å². The lowest BCUT2D eigenvalue weighted by atomic mass is 10.1. The maximum Gasteiger partial charge on any atom is 0.276 e. The number of nitrogens with one attached hydrogen (secondary N) is 1. The van der Waals surface area contributed by atoms with Crippen LogP contribution in [-0.2, 0) is 0 Å². The largest absolute Gasteiger partial charge is 0.395 e. The molecule has 1 saturated carbocycles. The Hall–Kier alpha value is -3.99. The van der Waals surface area contributed by atoms with Crippen molar-refractivity contribution >= 4 is 28.7 Å². The lowest BCUT2D eigenvalue weighted by Crippen LogP contribution is -2.38. The minimum absolute atomic E-state index is 0.00651. The molecule has 0 radical (unpaired) electrons. The zero-order valence-corrected chi connectivity index (χ0v) is 20.7. The monoisotopic (exact) mass is 509 g/mol. The number of nitrogens with zero attached hydrogens (tertiary/aromatic N) is 4. The molecular weight excluding hydrogens is 480 g/mol. The van der Waals surface area contributed by atoms with E-state index in [2.05, 4.69) is 15.3 Å². The van der Waals surface area contributed by atoms with Crippen LogP contribution in [0.15, 0.2) is 47.3 Å². The molecule has 0 unspecified atom stereocenters. The van der Waals surface area contributed by atoms with Crippen molar-refractivity contribution in [1.29, 1.82) is 0 Å². The third kappa shape index (κ3) is 4.50. The van der Waals surface area contributed by atoms with Crippen molar-refractivity contribution in [2.24, 2.45) is 11.3 Å². The van der Waals surface area contributed by atoms with E-state index in [0.29, 0.717) is 32.8 Å². The fraction of sp³-hybridized carbons (Fsp3) is 0.346. The molecule has 3 aromatic rings. The number of para-hydroxylation sites is 1. The highest BCUT2D eigenvalue weighted by atomic mass is 19.1. The highest BCUT2D eigenvalue weighted by Crippen LogP contribution is 2.55. The SMILES string of the molecule is CC(C)N(N)c1ccc(NC(=O)c2ccc(=O)n(-c3c(F)cccc3F)n2)c(N2CCC3(CC3)C2)c1N. The Balaban J connectivity index is 1.52. The Morgan fingerprint density at radius 2 is 1.78 bits per heavy atom. The van der Waals surface area contributed by atoms with Crippen molar-refractivity contribution in [1.82, 2.24) is 9.78 Å². The molecule has 194 valence electrons. The minimum atomic E-state index is -0.975. The number of rotatable bonds is 6. The van der Waals surface area contributed by atoms with E-state index >= 15 is 0 Å². The van der Waals surface area contributed by atoms with Crippen molar-refractivity contribution in [3.05, 3.63) is 70.1 Å². The fourth-order valence-electron chi connectivity index (χ4n) is 4.82. The molecular formula is C26H29F2N7O2. The van der Waals surface area contributed by atoms with Gasteiger partial charge in [-0.15, -0.1) is 0 Å². The summed E-state index contributed by atoms with van der Waals surface area (Å²) in [6.07, 6.45) is 3.37.